The zero-order valence-corrected chi connectivity index (χ0v) is 15.8. The van der Waals surface area contributed by atoms with Gasteiger partial charge in [-0.1, -0.05) is 49.4 Å². The number of hydrogen-bond acceptors (Lipinski definition) is 4. The molecule has 0 aliphatic rings. The molecule has 27 heavy (non-hydrogen) atoms. The van der Waals surface area contributed by atoms with Gasteiger partial charge in [0.2, 0.25) is 0 Å². The number of carboxylic acids is 1. The second-order valence-electron chi connectivity index (χ2n) is 6.52. The van der Waals surface area contributed by atoms with E-state index in [0.717, 1.165) is 17.5 Å². The molecule has 0 radical (unpaired) electrons. The van der Waals surface area contributed by atoms with E-state index in [1.165, 1.54) is 6.92 Å². The van der Waals surface area contributed by atoms with Crippen molar-refractivity contribution >= 4 is 11.8 Å². The summed E-state index contributed by atoms with van der Waals surface area (Å²) in [6.07, 6.45) is 0.774. The van der Waals surface area contributed by atoms with Crippen LogP contribution in [0.25, 0.3) is 0 Å². The summed E-state index contributed by atoms with van der Waals surface area (Å²) < 4.78 is 11.3. The van der Waals surface area contributed by atoms with E-state index >= 15 is 0 Å². The van der Waals surface area contributed by atoms with Gasteiger partial charge in [-0.3, -0.25) is 9.59 Å². The van der Waals surface area contributed by atoms with Crippen LogP contribution in [0.4, 0.5) is 0 Å². The topological polar surface area (TPSA) is 72.8 Å². The largest absolute Gasteiger partial charge is 0.494 e. The summed E-state index contributed by atoms with van der Waals surface area (Å²) in [6.45, 7) is 4.80. The highest BCUT2D eigenvalue weighted by atomic mass is 16.5. The molecule has 144 valence electrons. The number of ether oxygens (including phenoxy) is 2. The maximum atomic E-state index is 11.6. The fourth-order valence-corrected chi connectivity index (χ4v) is 2.92. The van der Waals surface area contributed by atoms with Gasteiger partial charge in [0.05, 0.1) is 19.8 Å². The molecule has 0 aromatic heterocycles. The molecule has 0 bridgehead atoms. The average Bonchev–Trinajstić information content (AvgIpc) is 2.65. The first-order chi connectivity index (χ1) is 13.0. The Morgan fingerprint density at radius 2 is 1.67 bits per heavy atom. The molecule has 2 atom stereocenters. The van der Waals surface area contributed by atoms with Crippen LogP contribution in [0.3, 0.4) is 0 Å². The first kappa shape index (κ1) is 20.6. The maximum Gasteiger partial charge on any atom is 0.314 e. The molecular weight excluding hydrogens is 344 g/mol. The van der Waals surface area contributed by atoms with E-state index in [-0.39, 0.29) is 11.7 Å². The fraction of sp³-hybridized carbons (Fsp3) is 0.364. The zero-order chi connectivity index (χ0) is 19.6. The Kier molecular flexibility index (Phi) is 8.01. The van der Waals surface area contributed by atoms with Crippen molar-refractivity contribution in [2.45, 2.75) is 32.8 Å². The van der Waals surface area contributed by atoms with Crippen molar-refractivity contribution in [3.05, 3.63) is 65.7 Å². The molecule has 0 saturated heterocycles. The summed E-state index contributed by atoms with van der Waals surface area (Å²) in [5, 5.41) is 9.23. The van der Waals surface area contributed by atoms with Crippen LogP contribution < -0.4 is 4.74 Å². The number of carbonyl (C=O) groups excluding carboxylic acids is 1. The first-order valence-electron chi connectivity index (χ1n) is 9.06. The standard InChI is InChI=1S/C22H26O5/c1-16(21(17(2)23)22(24)25)19-9-11-20(12-10-19)27-14-6-13-26-15-18-7-4-3-5-8-18/h3-5,7-12,16,21H,6,13-15H2,1-2H3,(H,24,25). The Bertz CT molecular complexity index is 710. The minimum absolute atomic E-state index is 0.342. The Morgan fingerprint density at radius 3 is 2.26 bits per heavy atom. The van der Waals surface area contributed by atoms with Crippen molar-refractivity contribution in [1.82, 2.24) is 0 Å². The monoisotopic (exact) mass is 370 g/mol. The van der Waals surface area contributed by atoms with E-state index in [2.05, 4.69) is 0 Å². The summed E-state index contributed by atoms with van der Waals surface area (Å²) in [4.78, 5) is 22.9. The lowest BCUT2D eigenvalue weighted by Gasteiger charge is -2.18. The number of carboxylic acid groups (broad SMARTS) is 1. The van der Waals surface area contributed by atoms with E-state index in [4.69, 9.17) is 9.47 Å². The number of benzene rings is 2. The van der Waals surface area contributed by atoms with Gasteiger partial charge < -0.3 is 14.6 Å². The Labute approximate surface area is 159 Å². The summed E-state index contributed by atoms with van der Waals surface area (Å²) in [5.41, 5.74) is 1.95. The second-order valence-corrected chi connectivity index (χ2v) is 6.52. The summed E-state index contributed by atoms with van der Waals surface area (Å²) in [7, 11) is 0. The van der Waals surface area contributed by atoms with Crippen LogP contribution in [0.2, 0.25) is 0 Å². The van der Waals surface area contributed by atoms with Crippen LogP contribution in [0.1, 0.15) is 37.3 Å². The van der Waals surface area contributed by atoms with Crippen LogP contribution in [0.5, 0.6) is 5.75 Å². The van der Waals surface area contributed by atoms with Crippen LogP contribution in [0, 0.1) is 5.92 Å². The van der Waals surface area contributed by atoms with Gasteiger partial charge >= 0.3 is 5.97 Å². The molecule has 5 heteroatoms. The van der Waals surface area contributed by atoms with Crippen molar-refractivity contribution in [3.63, 3.8) is 0 Å². The molecule has 2 aromatic carbocycles. The molecule has 0 aliphatic carbocycles. The highest BCUT2D eigenvalue weighted by Crippen LogP contribution is 2.27. The van der Waals surface area contributed by atoms with Crippen molar-refractivity contribution in [1.29, 1.82) is 0 Å². The number of rotatable bonds is 11. The quantitative estimate of drug-likeness (QED) is 0.477. The SMILES string of the molecule is CC(=O)C(C(=O)O)C(C)c1ccc(OCCCOCc2ccccc2)cc1. The predicted molar refractivity (Wildman–Crippen MR) is 103 cm³/mol. The Balaban J connectivity index is 1.73. The molecular formula is C22H26O5. The molecule has 2 rings (SSSR count). The molecule has 0 aliphatic heterocycles. The number of Topliss-reactive ketones (excluding diaryl/α,β-unsaturated/α-hetero) is 1. The van der Waals surface area contributed by atoms with Gasteiger partial charge in [-0.25, -0.2) is 0 Å². The normalized spacial score (nSPS) is 13.0. The zero-order valence-electron chi connectivity index (χ0n) is 15.8. The average molecular weight is 370 g/mol. The molecule has 0 spiro atoms. The van der Waals surface area contributed by atoms with E-state index in [1.807, 2.05) is 42.5 Å². The van der Waals surface area contributed by atoms with Crippen molar-refractivity contribution < 1.29 is 24.2 Å². The van der Waals surface area contributed by atoms with E-state index in [0.29, 0.717) is 25.6 Å². The third-order valence-corrected chi connectivity index (χ3v) is 4.42. The molecule has 1 N–H and O–H groups in total. The van der Waals surface area contributed by atoms with Crippen molar-refractivity contribution in [3.8, 4) is 5.75 Å². The highest BCUT2D eigenvalue weighted by Gasteiger charge is 2.30. The van der Waals surface area contributed by atoms with Gasteiger partial charge in [0, 0.05) is 12.3 Å². The van der Waals surface area contributed by atoms with Crippen LogP contribution >= 0.6 is 0 Å². The van der Waals surface area contributed by atoms with Crippen molar-refractivity contribution in [2.75, 3.05) is 13.2 Å². The van der Waals surface area contributed by atoms with Gasteiger partial charge in [0.15, 0.2) is 0 Å². The fourth-order valence-electron chi connectivity index (χ4n) is 2.92. The summed E-state index contributed by atoms with van der Waals surface area (Å²) >= 11 is 0. The number of carbonyl (C=O) groups is 2. The molecule has 5 nitrogen and oxygen atoms in total. The molecule has 0 heterocycles. The van der Waals surface area contributed by atoms with Crippen LogP contribution in [-0.2, 0) is 20.9 Å². The lowest BCUT2D eigenvalue weighted by molar-refractivity contribution is -0.146. The molecule has 0 fully saturated rings. The lowest BCUT2D eigenvalue weighted by Crippen LogP contribution is -2.26. The Morgan fingerprint density at radius 1 is 1.00 bits per heavy atom. The highest BCUT2D eigenvalue weighted by molar-refractivity contribution is 5.97. The lowest BCUT2D eigenvalue weighted by atomic mass is 9.85. The van der Waals surface area contributed by atoms with E-state index in [9.17, 15) is 14.7 Å². The third kappa shape index (κ3) is 6.53. The van der Waals surface area contributed by atoms with Gasteiger partial charge in [-0.2, -0.15) is 0 Å². The molecule has 0 amide bonds. The summed E-state index contributed by atoms with van der Waals surface area (Å²) in [5.74, 6) is -2.14. The number of aliphatic carboxylic acids is 1. The number of hydrogen-bond donors (Lipinski definition) is 1. The van der Waals surface area contributed by atoms with Gasteiger partial charge in [0.1, 0.15) is 17.5 Å². The minimum Gasteiger partial charge on any atom is -0.494 e. The Hall–Kier alpha value is -2.66. The number of ketones is 1. The van der Waals surface area contributed by atoms with Crippen LogP contribution in [0.15, 0.2) is 54.6 Å². The first-order valence-corrected chi connectivity index (χ1v) is 9.06. The van der Waals surface area contributed by atoms with Gasteiger partial charge in [0.25, 0.3) is 0 Å². The third-order valence-electron chi connectivity index (χ3n) is 4.42. The van der Waals surface area contributed by atoms with E-state index in [1.54, 1.807) is 19.1 Å². The smallest absolute Gasteiger partial charge is 0.314 e. The van der Waals surface area contributed by atoms with Gasteiger partial charge in [-0.05, 0) is 30.2 Å². The maximum absolute atomic E-state index is 11.6. The molecule has 0 saturated carbocycles. The molecule has 2 unspecified atom stereocenters. The van der Waals surface area contributed by atoms with E-state index < -0.39 is 11.9 Å². The van der Waals surface area contributed by atoms with Crippen LogP contribution in [-0.4, -0.2) is 30.1 Å². The minimum atomic E-state index is -1.09. The summed E-state index contributed by atoms with van der Waals surface area (Å²) in [6, 6.07) is 17.2. The van der Waals surface area contributed by atoms with Gasteiger partial charge in [-0.15, -0.1) is 0 Å². The predicted octanol–water partition coefficient (Wildman–Crippen LogP) is 4.07. The molecule has 2 aromatic rings. The van der Waals surface area contributed by atoms with Crippen molar-refractivity contribution in [2.24, 2.45) is 5.92 Å². The second kappa shape index (κ2) is 10.5.